The summed E-state index contributed by atoms with van der Waals surface area (Å²) in [5, 5.41) is 2.95. The van der Waals surface area contributed by atoms with Crippen molar-refractivity contribution in [1.82, 2.24) is 24.0 Å². The number of hydrogen-bond donors (Lipinski definition) is 1. The second kappa shape index (κ2) is 11.5. The van der Waals surface area contributed by atoms with Crippen molar-refractivity contribution in [3.63, 3.8) is 0 Å². The third-order valence-electron chi connectivity index (χ3n) is 6.71. The molecule has 11 nitrogen and oxygen atoms in total. The molecule has 0 aliphatic carbocycles. The van der Waals surface area contributed by atoms with Crippen molar-refractivity contribution in [2.24, 2.45) is 7.05 Å². The monoisotopic (exact) mass is 550 g/mol. The van der Waals surface area contributed by atoms with Crippen LogP contribution in [0.15, 0.2) is 51.6 Å². The van der Waals surface area contributed by atoms with Crippen molar-refractivity contribution in [2.45, 2.75) is 72.2 Å². The van der Waals surface area contributed by atoms with Gasteiger partial charge in [-0.1, -0.05) is 42.0 Å². The number of ether oxygens (including phenoxy) is 1. The first kappa shape index (κ1) is 28.8. The predicted octanol–water partition coefficient (Wildman–Crippen LogP) is 3.24. The molecule has 1 fully saturated rings. The average molecular weight is 551 g/mol. The highest BCUT2D eigenvalue weighted by atomic mass is 16.6. The molecule has 1 saturated heterocycles. The number of amides is 1. The van der Waals surface area contributed by atoms with Gasteiger partial charge in [0.05, 0.1) is 6.54 Å². The second-order valence-electron chi connectivity index (χ2n) is 11.4. The number of Topliss-reactive ketones (excluding diaryl/α,β-unsaturated/α-hetero) is 1. The summed E-state index contributed by atoms with van der Waals surface area (Å²) in [4.78, 5) is 59.1. The summed E-state index contributed by atoms with van der Waals surface area (Å²) in [6.45, 7) is 10.6. The lowest BCUT2D eigenvalue weighted by atomic mass is 10.1. The zero-order chi connectivity index (χ0) is 29.2. The second-order valence-corrected chi connectivity index (χ2v) is 11.4. The number of aromatic nitrogens is 4. The highest BCUT2D eigenvalue weighted by Crippen LogP contribution is 2.24. The molecule has 2 aromatic heterocycles. The van der Waals surface area contributed by atoms with E-state index in [1.165, 1.54) is 11.6 Å². The highest BCUT2D eigenvalue weighted by molar-refractivity contribution is 5.96. The van der Waals surface area contributed by atoms with Gasteiger partial charge < -0.3 is 19.5 Å². The summed E-state index contributed by atoms with van der Waals surface area (Å²) in [6.07, 6.45) is 3.04. The smallest absolute Gasteiger partial charge is 0.407 e. The molecule has 0 saturated carbocycles. The van der Waals surface area contributed by atoms with Crippen LogP contribution in [0.25, 0.3) is 11.2 Å². The Morgan fingerprint density at radius 1 is 1.12 bits per heavy atom. The predicted molar refractivity (Wildman–Crippen MR) is 154 cm³/mol. The van der Waals surface area contributed by atoms with Gasteiger partial charge in [-0.25, -0.2) is 9.59 Å². The van der Waals surface area contributed by atoms with E-state index in [4.69, 9.17) is 9.72 Å². The van der Waals surface area contributed by atoms with Gasteiger partial charge in [0.15, 0.2) is 16.9 Å². The molecule has 3 heterocycles. The Balaban J connectivity index is 1.79. The third-order valence-corrected chi connectivity index (χ3v) is 6.71. The molecule has 3 aromatic rings. The fraction of sp³-hybridized carbons (Fsp3) is 0.483. The standard InChI is InChI=1S/C29H38N6O5/c1-19(2)14-16-34-23-24(31-26(34)33-15-10-13-21(17-33)30-27(38)40-29(3,4)5)35(28(39)32(6)25(23)37)18-22(36)20-11-8-7-9-12-20/h7-9,11-12,14,21H,10,13,15-18H2,1-6H3,(H,30,38). The molecular weight excluding hydrogens is 512 g/mol. The minimum absolute atomic E-state index is 0.164. The molecule has 0 radical (unpaired) electrons. The van der Waals surface area contributed by atoms with E-state index in [2.05, 4.69) is 5.32 Å². The van der Waals surface area contributed by atoms with E-state index in [0.29, 0.717) is 31.1 Å². The van der Waals surface area contributed by atoms with Crippen molar-refractivity contribution in [3.05, 3.63) is 68.4 Å². The topological polar surface area (TPSA) is 120 Å². The molecule has 4 rings (SSSR count). The summed E-state index contributed by atoms with van der Waals surface area (Å²) in [7, 11) is 1.41. The molecule has 214 valence electrons. The molecule has 1 atom stereocenters. The van der Waals surface area contributed by atoms with Crippen molar-refractivity contribution < 1.29 is 14.3 Å². The minimum Gasteiger partial charge on any atom is -0.444 e. The quantitative estimate of drug-likeness (QED) is 0.354. The summed E-state index contributed by atoms with van der Waals surface area (Å²) in [6, 6.07) is 8.53. The van der Waals surface area contributed by atoms with Crippen molar-refractivity contribution in [2.75, 3.05) is 18.0 Å². The van der Waals surface area contributed by atoms with Crippen LogP contribution in [0.2, 0.25) is 0 Å². The number of alkyl carbamates (subject to hydrolysis) is 1. The van der Waals surface area contributed by atoms with Crippen LogP contribution in [0.1, 0.15) is 57.8 Å². The first-order valence-corrected chi connectivity index (χ1v) is 13.5. The maximum Gasteiger partial charge on any atom is 0.407 e. The van der Waals surface area contributed by atoms with Gasteiger partial charge in [0.2, 0.25) is 5.95 Å². The van der Waals surface area contributed by atoms with Gasteiger partial charge in [0.25, 0.3) is 5.56 Å². The van der Waals surface area contributed by atoms with E-state index in [-0.39, 0.29) is 29.5 Å². The lowest BCUT2D eigenvalue weighted by Gasteiger charge is -2.34. The summed E-state index contributed by atoms with van der Waals surface area (Å²) in [5.41, 5.74) is 0.230. The number of carbonyl (C=O) groups is 2. The van der Waals surface area contributed by atoms with Gasteiger partial charge in [0.1, 0.15) is 5.60 Å². The first-order valence-electron chi connectivity index (χ1n) is 13.5. The minimum atomic E-state index is -0.613. The summed E-state index contributed by atoms with van der Waals surface area (Å²) in [5.74, 6) is 0.245. The number of nitrogens with one attached hydrogen (secondary N) is 1. The number of imidazole rings is 1. The van der Waals surface area contributed by atoms with E-state index in [0.717, 1.165) is 23.0 Å². The Bertz CT molecular complexity index is 1550. The number of nitrogens with zero attached hydrogens (tertiary/aromatic N) is 5. The lowest BCUT2D eigenvalue weighted by Crippen LogP contribution is -2.49. The SMILES string of the molecule is CC(C)=CCn1c(N2CCCC(NC(=O)OC(C)(C)C)C2)nc2c1c(=O)n(C)c(=O)n2CC(=O)c1ccccc1. The van der Waals surface area contributed by atoms with Gasteiger partial charge in [0, 0.05) is 38.3 Å². The number of rotatable bonds is 7. The Labute approximate surface area is 233 Å². The molecule has 11 heteroatoms. The number of anilines is 1. The molecule has 1 amide bonds. The van der Waals surface area contributed by atoms with E-state index >= 15 is 0 Å². The maximum absolute atomic E-state index is 13.5. The Morgan fingerprint density at radius 2 is 1.82 bits per heavy atom. The molecule has 1 aliphatic rings. The fourth-order valence-electron chi connectivity index (χ4n) is 4.79. The zero-order valence-corrected chi connectivity index (χ0v) is 24.1. The van der Waals surface area contributed by atoms with Crippen LogP contribution in [0.3, 0.4) is 0 Å². The largest absolute Gasteiger partial charge is 0.444 e. The van der Waals surface area contributed by atoms with Crippen LogP contribution < -0.4 is 21.5 Å². The molecular formula is C29H38N6O5. The number of carbonyl (C=O) groups excluding carboxylic acids is 2. The van der Waals surface area contributed by atoms with Gasteiger partial charge in [-0.2, -0.15) is 4.98 Å². The summed E-state index contributed by atoms with van der Waals surface area (Å²) >= 11 is 0. The van der Waals surface area contributed by atoms with Crippen molar-refractivity contribution in [1.29, 1.82) is 0 Å². The van der Waals surface area contributed by atoms with Crippen LogP contribution in [0, 0.1) is 0 Å². The van der Waals surface area contributed by atoms with Gasteiger partial charge in [-0.15, -0.1) is 0 Å². The third kappa shape index (κ3) is 6.35. The molecule has 1 aromatic carbocycles. The van der Waals surface area contributed by atoms with Gasteiger partial charge in [-0.3, -0.25) is 18.7 Å². The zero-order valence-electron chi connectivity index (χ0n) is 24.1. The average Bonchev–Trinajstić information content (AvgIpc) is 3.27. The number of allylic oxidation sites excluding steroid dienone is 2. The van der Waals surface area contributed by atoms with Crippen LogP contribution >= 0.6 is 0 Å². The molecule has 40 heavy (non-hydrogen) atoms. The maximum atomic E-state index is 13.5. The van der Waals surface area contributed by atoms with Gasteiger partial charge >= 0.3 is 11.8 Å². The highest BCUT2D eigenvalue weighted by Gasteiger charge is 2.29. The van der Waals surface area contributed by atoms with Crippen LogP contribution in [-0.4, -0.2) is 55.3 Å². The van der Waals surface area contributed by atoms with Crippen molar-refractivity contribution >= 4 is 29.0 Å². The number of fused-ring (bicyclic) bond motifs is 1. The normalized spacial score (nSPS) is 15.7. The molecule has 0 spiro atoms. The van der Waals surface area contributed by atoms with E-state index in [9.17, 15) is 19.2 Å². The van der Waals surface area contributed by atoms with E-state index < -0.39 is 22.9 Å². The number of ketones is 1. The Hall–Kier alpha value is -4.15. The molecule has 1 unspecified atom stereocenters. The molecule has 0 bridgehead atoms. The Kier molecular flexibility index (Phi) is 8.32. The first-order chi connectivity index (χ1) is 18.9. The summed E-state index contributed by atoms with van der Waals surface area (Å²) < 4.78 is 9.53. The number of piperidine rings is 1. The van der Waals surface area contributed by atoms with E-state index in [1.807, 2.05) is 51.7 Å². The number of benzene rings is 1. The molecule has 1 aliphatic heterocycles. The Morgan fingerprint density at radius 3 is 2.48 bits per heavy atom. The van der Waals surface area contributed by atoms with Crippen LogP contribution in [0.4, 0.5) is 10.7 Å². The van der Waals surface area contributed by atoms with E-state index in [1.54, 1.807) is 28.8 Å². The molecule has 1 N–H and O–H groups in total. The van der Waals surface area contributed by atoms with Crippen LogP contribution in [0.5, 0.6) is 0 Å². The van der Waals surface area contributed by atoms with Gasteiger partial charge in [-0.05, 0) is 47.5 Å². The lowest BCUT2D eigenvalue weighted by molar-refractivity contribution is 0.0499. The number of hydrogen-bond acceptors (Lipinski definition) is 7. The van der Waals surface area contributed by atoms with Crippen molar-refractivity contribution in [3.8, 4) is 0 Å². The fourth-order valence-corrected chi connectivity index (χ4v) is 4.79. The van der Waals surface area contributed by atoms with Crippen LogP contribution in [-0.2, 0) is 24.9 Å².